The molecule has 2 rings (SSSR count). The lowest BCUT2D eigenvalue weighted by atomic mass is 9.98. The van der Waals surface area contributed by atoms with Crippen LogP contribution in [0.1, 0.15) is 37.2 Å². The lowest BCUT2D eigenvalue weighted by Crippen LogP contribution is -2.38. The van der Waals surface area contributed by atoms with Gasteiger partial charge in [-0.05, 0) is 31.2 Å². The molecule has 106 valence electrons. The molecule has 1 aromatic carbocycles. The summed E-state index contributed by atoms with van der Waals surface area (Å²) >= 11 is 0. The van der Waals surface area contributed by atoms with E-state index in [0.717, 1.165) is 31.4 Å². The molecule has 0 aliphatic carbocycles. The molecule has 20 heavy (non-hydrogen) atoms. The standard InChI is InChI=1S/C16H20N2O2/c17-12-15(13-6-2-1-3-7-13)16(20)18-10-4-8-14(18)9-5-11-19/h1-3,6-7,14-15,19H,4-5,8-11H2. The highest BCUT2D eigenvalue weighted by atomic mass is 16.3. The molecule has 0 bridgehead atoms. The lowest BCUT2D eigenvalue weighted by molar-refractivity contribution is -0.132. The van der Waals surface area contributed by atoms with E-state index in [2.05, 4.69) is 6.07 Å². The summed E-state index contributed by atoms with van der Waals surface area (Å²) in [4.78, 5) is 14.4. The molecule has 1 aliphatic heterocycles. The van der Waals surface area contributed by atoms with Gasteiger partial charge in [0.2, 0.25) is 5.91 Å². The van der Waals surface area contributed by atoms with Crippen LogP contribution in [0.25, 0.3) is 0 Å². The first kappa shape index (κ1) is 14.5. The number of carbonyl (C=O) groups excluding carboxylic acids is 1. The van der Waals surface area contributed by atoms with Crippen molar-refractivity contribution in [1.82, 2.24) is 4.90 Å². The third-order valence-electron chi connectivity index (χ3n) is 3.86. The van der Waals surface area contributed by atoms with E-state index in [1.54, 1.807) is 0 Å². The summed E-state index contributed by atoms with van der Waals surface area (Å²) in [5.41, 5.74) is 0.757. The Labute approximate surface area is 119 Å². The van der Waals surface area contributed by atoms with E-state index in [0.29, 0.717) is 6.42 Å². The van der Waals surface area contributed by atoms with E-state index < -0.39 is 5.92 Å². The van der Waals surface area contributed by atoms with Crippen molar-refractivity contribution in [3.05, 3.63) is 35.9 Å². The van der Waals surface area contributed by atoms with Gasteiger partial charge in [-0.2, -0.15) is 5.26 Å². The summed E-state index contributed by atoms with van der Waals surface area (Å²) in [6.45, 7) is 0.874. The largest absolute Gasteiger partial charge is 0.396 e. The summed E-state index contributed by atoms with van der Waals surface area (Å²) in [6, 6.07) is 11.5. The highest BCUT2D eigenvalue weighted by Gasteiger charge is 2.33. The summed E-state index contributed by atoms with van der Waals surface area (Å²) in [5.74, 6) is -0.815. The number of benzene rings is 1. The average molecular weight is 272 g/mol. The highest BCUT2D eigenvalue weighted by Crippen LogP contribution is 2.26. The summed E-state index contributed by atoms with van der Waals surface area (Å²) < 4.78 is 0. The van der Waals surface area contributed by atoms with Crippen molar-refractivity contribution in [3.63, 3.8) is 0 Å². The number of nitriles is 1. The van der Waals surface area contributed by atoms with Crippen molar-refractivity contribution in [2.75, 3.05) is 13.2 Å². The first-order valence-electron chi connectivity index (χ1n) is 7.14. The van der Waals surface area contributed by atoms with Gasteiger partial charge in [-0.25, -0.2) is 0 Å². The minimum absolute atomic E-state index is 0.0980. The molecule has 4 nitrogen and oxygen atoms in total. The fourth-order valence-corrected chi connectivity index (χ4v) is 2.84. The van der Waals surface area contributed by atoms with Crippen LogP contribution in [0.15, 0.2) is 30.3 Å². The van der Waals surface area contributed by atoms with E-state index in [1.165, 1.54) is 0 Å². The fourth-order valence-electron chi connectivity index (χ4n) is 2.84. The zero-order valence-electron chi connectivity index (χ0n) is 11.5. The van der Waals surface area contributed by atoms with Crippen LogP contribution in [-0.2, 0) is 4.79 Å². The number of nitrogens with zero attached hydrogens (tertiary/aromatic N) is 2. The van der Waals surface area contributed by atoms with Crippen LogP contribution in [0.5, 0.6) is 0 Å². The first-order chi connectivity index (χ1) is 9.77. The Morgan fingerprint density at radius 2 is 2.20 bits per heavy atom. The molecular formula is C16H20N2O2. The molecule has 1 fully saturated rings. The monoisotopic (exact) mass is 272 g/mol. The van der Waals surface area contributed by atoms with Crippen LogP contribution in [0.3, 0.4) is 0 Å². The maximum atomic E-state index is 12.6. The Morgan fingerprint density at radius 3 is 2.85 bits per heavy atom. The Kier molecular flexibility index (Phi) is 5.14. The van der Waals surface area contributed by atoms with Gasteiger partial charge in [-0.1, -0.05) is 30.3 Å². The van der Waals surface area contributed by atoms with Crippen molar-refractivity contribution in [1.29, 1.82) is 5.26 Å². The maximum Gasteiger partial charge on any atom is 0.244 e. The molecule has 1 N–H and O–H groups in total. The molecule has 0 saturated carbocycles. The second kappa shape index (κ2) is 7.06. The minimum Gasteiger partial charge on any atom is -0.396 e. The normalized spacial score (nSPS) is 19.6. The van der Waals surface area contributed by atoms with E-state index in [1.807, 2.05) is 35.2 Å². The molecule has 2 atom stereocenters. The molecule has 0 aromatic heterocycles. The lowest BCUT2D eigenvalue weighted by Gasteiger charge is -2.26. The molecule has 0 spiro atoms. The van der Waals surface area contributed by atoms with Crippen molar-refractivity contribution in [2.24, 2.45) is 0 Å². The number of likely N-dealkylation sites (tertiary alicyclic amines) is 1. The zero-order chi connectivity index (χ0) is 14.4. The third-order valence-corrected chi connectivity index (χ3v) is 3.86. The van der Waals surface area contributed by atoms with Crippen molar-refractivity contribution < 1.29 is 9.90 Å². The van der Waals surface area contributed by atoms with Gasteiger partial charge in [0.25, 0.3) is 0 Å². The van der Waals surface area contributed by atoms with E-state index >= 15 is 0 Å². The van der Waals surface area contributed by atoms with Gasteiger partial charge >= 0.3 is 0 Å². The number of amides is 1. The van der Waals surface area contributed by atoms with Gasteiger partial charge < -0.3 is 10.0 Å². The molecule has 1 amide bonds. The Balaban J connectivity index is 2.11. The van der Waals surface area contributed by atoms with Crippen molar-refractivity contribution >= 4 is 5.91 Å². The smallest absolute Gasteiger partial charge is 0.244 e. The van der Waals surface area contributed by atoms with Crippen LogP contribution in [-0.4, -0.2) is 35.1 Å². The topological polar surface area (TPSA) is 64.3 Å². The van der Waals surface area contributed by atoms with E-state index in [-0.39, 0.29) is 18.6 Å². The van der Waals surface area contributed by atoms with Gasteiger partial charge in [0.05, 0.1) is 6.07 Å². The minimum atomic E-state index is -0.717. The molecule has 2 unspecified atom stereocenters. The maximum absolute atomic E-state index is 12.6. The second-order valence-corrected chi connectivity index (χ2v) is 5.17. The second-order valence-electron chi connectivity index (χ2n) is 5.17. The van der Waals surface area contributed by atoms with Gasteiger partial charge in [-0.15, -0.1) is 0 Å². The fraction of sp³-hybridized carbons (Fsp3) is 0.500. The molecule has 1 aliphatic rings. The molecule has 1 saturated heterocycles. The number of rotatable bonds is 5. The molecule has 1 heterocycles. The predicted molar refractivity (Wildman–Crippen MR) is 75.9 cm³/mol. The van der Waals surface area contributed by atoms with Crippen molar-refractivity contribution in [2.45, 2.75) is 37.6 Å². The van der Waals surface area contributed by atoms with Crippen molar-refractivity contribution in [3.8, 4) is 6.07 Å². The number of hydrogen-bond acceptors (Lipinski definition) is 3. The average Bonchev–Trinajstić information content (AvgIpc) is 2.95. The Morgan fingerprint density at radius 1 is 1.45 bits per heavy atom. The predicted octanol–water partition coefficient (Wildman–Crippen LogP) is 2.06. The number of aliphatic hydroxyl groups is 1. The number of hydrogen-bond donors (Lipinski definition) is 1. The van der Waals surface area contributed by atoms with Crippen LogP contribution >= 0.6 is 0 Å². The summed E-state index contributed by atoms with van der Waals surface area (Å²) in [5, 5.41) is 18.3. The van der Waals surface area contributed by atoms with Crippen LogP contribution in [0, 0.1) is 11.3 Å². The number of aliphatic hydroxyl groups excluding tert-OH is 1. The summed E-state index contributed by atoms with van der Waals surface area (Å²) in [7, 11) is 0. The highest BCUT2D eigenvalue weighted by molar-refractivity contribution is 5.87. The quantitative estimate of drug-likeness (QED) is 0.892. The van der Waals surface area contributed by atoms with Crippen LogP contribution in [0.4, 0.5) is 0 Å². The van der Waals surface area contributed by atoms with Gasteiger partial charge in [-0.3, -0.25) is 4.79 Å². The Bertz CT molecular complexity index is 481. The SMILES string of the molecule is N#CC(C(=O)N1CCCC1CCCO)c1ccccc1. The third kappa shape index (κ3) is 3.17. The molecular weight excluding hydrogens is 252 g/mol. The Hall–Kier alpha value is -1.86. The van der Waals surface area contributed by atoms with Crippen LogP contribution in [0.2, 0.25) is 0 Å². The molecule has 4 heteroatoms. The zero-order valence-corrected chi connectivity index (χ0v) is 11.5. The van der Waals surface area contributed by atoms with Gasteiger partial charge in [0, 0.05) is 19.2 Å². The van der Waals surface area contributed by atoms with Gasteiger partial charge in [0.15, 0.2) is 0 Å². The van der Waals surface area contributed by atoms with E-state index in [9.17, 15) is 10.1 Å². The van der Waals surface area contributed by atoms with E-state index in [4.69, 9.17) is 5.11 Å². The molecule has 0 radical (unpaired) electrons. The summed E-state index contributed by atoms with van der Waals surface area (Å²) in [6.07, 6.45) is 3.47. The van der Waals surface area contributed by atoms with Gasteiger partial charge in [0.1, 0.15) is 5.92 Å². The molecule has 1 aromatic rings. The van der Waals surface area contributed by atoms with Crippen LogP contribution < -0.4 is 0 Å². The number of carbonyl (C=O) groups is 1. The first-order valence-corrected chi connectivity index (χ1v) is 7.14.